The van der Waals surface area contributed by atoms with E-state index >= 15 is 0 Å². The molecule has 8 aromatic carbocycles. The van der Waals surface area contributed by atoms with Crippen LogP contribution in [0.15, 0.2) is 176 Å². The first-order valence-corrected chi connectivity index (χ1v) is 17.2. The Morgan fingerprint density at radius 3 is 1.33 bits per heavy atom. The van der Waals surface area contributed by atoms with Crippen LogP contribution >= 0.6 is 0 Å². The Bertz CT molecular complexity index is 2450. The van der Waals surface area contributed by atoms with E-state index in [0.717, 1.165) is 34.1 Å². The maximum absolute atomic E-state index is 5.48. The maximum atomic E-state index is 5.48. The van der Waals surface area contributed by atoms with Gasteiger partial charge in [0.25, 0.3) is 0 Å². The lowest BCUT2D eigenvalue weighted by Crippen LogP contribution is -2.09. The first-order valence-electron chi connectivity index (χ1n) is 17.2. The largest absolute Gasteiger partial charge is 0.497 e. The zero-order chi connectivity index (χ0) is 34.3. The van der Waals surface area contributed by atoms with Crippen molar-refractivity contribution in [2.75, 3.05) is 19.1 Å². The van der Waals surface area contributed by atoms with Crippen LogP contribution in [0.2, 0.25) is 0 Å². The van der Waals surface area contributed by atoms with Crippen LogP contribution in [0, 0.1) is 0 Å². The molecular formula is C48H35NO2. The molecule has 244 valence electrons. The van der Waals surface area contributed by atoms with Crippen LogP contribution in [0.25, 0.3) is 66.4 Å². The number of anilines is 3. The average Bonchev–Trinajstić information content (AvgIpc) is 3.54. The SMILES string of the molecule is COc1ccc(N(c2ccc(OC)cc2)c2ccc(-c3cc(-c4ccccc4)c4c(c3-c3ccccc3)-c3cccc5cccc-4c35)cc2)cc1. The number of ether oxygens (including phenoxy) is 2. The molecule has 0 aromatic heterocycles. The van der Waals surface area contributed by atoms with Crippen LogP contribution in [0.3, 0.4) is 0 Å². The molecule has 9 rings (SSSR count). The van der Waals surface area contributed by atoms with Gasteiger partial charge in [0.15, 0.2) is 0 Å². The van der Waals surface area contributed by atoms with Crippen molar-refractivity contribution >= 4 is 27.8 Å². The molecule has 51 heavy (non-hydrogen) atoms. The number of nitrogens with zero attached hydrogens (tertiary/aromatic N) is 1. The molecule has 0 bridgehead atoms. The summed E-state index contributed by atoms with van der Waals surface area (Å²) in [4.78, 5) is 2.26. The normalized spacial score (nSPS) is 11.3. The lowest BCUT2D eigenvalue weighted by atomic mass is 9.82. The van der Waals surface area contributed by atoms with Crippen LogP contribution in [-0.4, -0.2) is 14.2 Å². The Kier molecular flexibility index (Phi) is 7.59. The number of hydrogen-bond acceptors (Lipinski definition) is 3. The Morgan fingerprint density at radius 1 is 0.353 bits per heavy atom. The molecule has 0 radical (unpaired) electrons. The second kappa shape index (κ2) is 12.7. The van der Waals surface area contributed by atoms with Crippen molar-refractivity contribution in [3.8, 4) is 67.1 Å². The predicted octanol–water partition coefficient (Wildman–Crippen LogP) is 13.0. The van der Waals surface area contributed by atoms with Gasteiger partial charge in [-0.05, 0) is 133 Å². The lowest BCUT2D eigenvalue weighted by Gasteiger charge is -2.26. The Hall–Kier alpha value is -6.58. The van der Waals surface area contributed by atoms with Gasteiger partial charge in [-0.3, -0.25) is 0 Å². The van der Waals surface area contributed by atoms with E-state index in [4.69, 9.17) is 9.47 Å². The first-order chi connectivity index (χ1) is 25.2. The molecule has 0 amide bonds. The van der Waals surface area contributed by atoms with Crippen LogP contribution in [0.4, 0.5) is 17.1 Å². The number of benzene rings is 8. The molecule has 0 saturated heterocycles. The zero-order valence-electron chi connectivity index (χ0n) is 28.5. The molecule has 0 unspecified atom stereocenters. The van der Waals surface area contributed by atoms with Gasteiger partial charge in [-0.15, -0.1) is 0 Å². The van der Waals surface area contributed by atoms with Gasteiger partial charge < -0.3 is 14.4 Å². The summed E-state index contributed by atoms with van der Waals surface area (Å²) in [6.45, 7) is 0. The van der Waals surface area contributed by atoms with E-state index in [2.05, 4.69) is 157 Å². The molecule has 3 nitrogen and oxygen atoms in total. The van der Waals surface area contributed by atoms with Gasteiger partial charge >= 0.3 is 0 Å². The number of methoxy groups -OCH3 is 2. The summed E-state index contributed by atoms with van der Waals surface area (Å²) in [6, 6.07) is 62.9. The zero-order valence-corrected chi connectivity index (χ0v) is 28.5. The molecule has 0 N–H and O–H groups in total. The molecule has 0 atom stereocenters. The van der Waals surface area contributed by atoms with Crippen LogP contribution < -0.4 is 14.4 Å². The third kappa shape index (κ3) is 5.22. The minimum Gasteiger partial charge on any atom is -0.497 e. The quantitative estimate of drug-likeness (QED) is 0.162. The Morgan fingerprint density at radius 2 is 0.804 bits per heavy atom. The topological polar surface area (TPSA) is 21.7 Å². The summed E-state index contributed by atoms with van der Waals surface area (Å²) in [5, 5.41) is 2.59. The van der Waals surface area contributed by atoms with E-state index in [0.29, 0.717) is 0 Å². The van der Waals surface area contributed by atoms with Gasteiger partial charge in [-0.25, -0.2) is 0 Å². The van der Waals surface area contributed by atoms with Crippen molar-refractivity contribution in [3.05, 3.63) is 176 Å². The summed E-state index contributed by atoms with van der Waals surface area (Å²) in [7, 11) is 3.39. The van der Waals surface area contributed by atoms with Gasteiger partial charge in [-0.1, -0.05) is 109 Å². The Labute approximate surface area is 298 Å². The van der Waals surface area contributed by atoms with Crippen molar-refractivity contribution in [1.82, 2.24) is 0 Å². The fourth-order valence-electron chi connectivity index (χ4n) is 7.67. The second-order valence-corrected chi connectivity index (χ2v) is 12.8. The van der Waals surface area contributed by atoms with Gasteiger partial charge in [0.05, 0.1) is 14.2 Å². The summed E-state index contributed by atoms with van der Waals surface area (Å²) in [5.41, 5.74) is 15.6. The molecule has 0 heterocycles. The van der Waals surface area contributed by atoms with Crippen LogP contribution in [0.5, 0.6) is 11.5 Å². The molecule has 1 aliphatic rings. The first kappa shape index (κ1) is 30.5. The summed E-state index contributed by atoms with van der Waals surface area (Å²) >= 11 is 0. The maximum Gasteiger partial charge on any atom is 0.119 e. The fraction of sp³-hybridized carbons (Fsp3) is 0.0417. The van der Waals surface area contributed by atoms with E-state index in [9.17, 15) is 0 Å². The minimum absolute atomic E-state index is 0.820. The van der Waals surface area contributed by atoms with Crippen molar-refractivity contribution in [1.29, 1.82) is 0 Å². The van der Waals surface area contributed by atoms with Gasteiger partial charge in [0.1, 0.15) is 11.5 Å². The highest BCUT2D eigenvalue weighted by atomic mass is 16.5. The molecule has 1 aliphatic carbocycles. The summed E-state index contributed by atoms with van der Waals surface area (Å²) in [5.74, 6) is 1.64. The van der Waals surface area contributed by atoms with E-state index in [1.807, 2.05) is 24.3 Å². The van der Waals surface area contributed by atoms with Gasteiger partial charge in [0, 0.05) is 17.1 Å². The van der Waals surface area contributed by atoms with E-state index < -0.39 is 0 Å². The molecule has 8 aromatic rings. The van der Waals surface area contributed by atoms with E-state index in [-0.39, 0.29) is 0 Å². The predicted molar refractivity (Wildman–Crippen MR) is 212 cm³/mol. The molecule has 0 saturated carbocycles. The summed E-state index contributed by atoms with van der Waals surface area (Å²) in [6.07, 6.45) is 0. The van der Waals surface area contributed by atoms with Crippen molar-refractivity contribution < 1.29 is 9.47 Å². The third-order valence-electron chi connectivity index (χ3n) is 10.0. The molecule has 0 fully saturated rings. The number of fused-ring (bicyclic) bond motifs is 3. The highest BCUT2D eigenvalue weighted by molar-refractivity contribution is 6.22. The molecule has 0 spiro atoms. The van der Waals surface area contributed by atoms with Gasteiger partial charge in [-0.2, -0.15) is 0 Å². The number of rotatable bonds is 8. The van der Waals surface area contributed by atoms with E-state index in [1.54, 1.807) is 14.2 Å². The van der Waals surface area contributed by atoms with Crippen molar-refractivity contribution in [2.24, 2.45) is 0 Å². The van der Waals surface area contributed by atoms with Crippen molar-refractivity contribution in [3.63, 3.8) is 0 Å². The third-order valence-corrected chi connectivity index (χ3v) is 10.0. The molecular weight excluding hydrogens is 623 g/mol. The van der Waals surface area contributed by atoms with Gasteiger partial charge in [0.2, 0.25) is 0 Å². The standard InChI is InChI=1S/C48H35NO2/c1-50-39-27-23-37(24-28-39)49(38-25-29-40(51-2)30-26-38)36-21-19-33(20-22-36)43-31-44(32-11-5-3-6-12-32)47-41-17-9-15-34-16-10-18-42(45(34)41)48(47)46(43)35-13-7-4-8-14-35/h3-31H,1-2H3. The van der Waals surface area contributed by atoms with Crippen molar-refractivity contribution in [2.45, 2.75) is 0 Å². The minimum atomic E-state index is 0.820. The smallest absolute Gasteiger partial charge is 0.119 e. The van der Waals surface area contributed by atoms with Crippen LogP contribution in [0.1, 0.15) is 0 Å². The average molecular weight is 658 g/mol. The molecule has 3 heteroatoms. The number of hydrogen-bond donors (Lipinski definition) is 0. The van der Waals surface area contributed by atoms with E-state index in [1.165, 1.54) is 60.8 Å². The monoisotopic (exact) mass is 657 g/mol. The Balaban J connectivity index is 1.27. The highest BCUT2D eigenvalue weighted by Crippen LogP contribution is 2.57. The van der Waals surface area contributed by atoms with Crippen LogP contribution in [-0.2, 0) is 0 Å². The lowest BCUT2D eigenvalue weighted by molar-refractivity contribution is 0.415. The second-order valence-electron chi connectivity index (χ2n) is 12.8. The fourth-order valence-corrected chi connectivity index (χ4v) is 7.67. The summed E-state index contributed by atoms with van der Waals surface area (Å²) < 4.78 is 11.0. The highest BCUT2D eigenvalue weighted by Gasteiger charge is 2.30. The molecule has 0 aliphatic heterocycles.